The Hall–Kier alpha value is -1.95. The van der Waals surface area contributed by atoms with Crippen molar-refractivity contribution >= 4 is 23.1 Å². The Bertz CT molecular complexity index is 623. The third-order valence-corrected chi connectivity index (χ3v) is 4.23. The first-order chi connectivity index (χ1) is 9.52. The lowest BCUT2D eigenvalue weighted by atomic mass is 10.2. The van der Waals surface area contributed by atoms with Gasteiger partial charge in [0, 0.05) is 18.1 Å². The predicted octanol–water partition coefficient (Wildman–Crippen LogP) is 2.69. The number of hydrogen-bond acceptors (Lipinski definition) is 5. The van der Waals surface area contributed by atoms with E-state index in [0.29, 0.717) is 11.4 Å². The SMILES string of the molecule is CNc1ncccc1C(=O)NC(C)c1sc(C)nc1C. The van der Waals surface area contributed by atoms with Crippen LogP contribution in [0.15, 0.2) is 18.3 Å². The summed E-state index contributed by atoms with van der Waals surface area (Å²) in [4.78, 5) is 21.9. The maximum absolute atomic E-state index is 12.3. The van der Waals surface area contributed by atoms with Gasteiger partial charge >= 0.3 is 0 Å². The third-order valence-electron chi connectivity index (χ3n) is 2.97. The molecular formula is C14H18N4OS. The summed E-state index contributed by atoms with van der Waals surface area (Å²) in [6, 6.07) is 3.44. The van der Waals surface area contributed by atoms with E-state index in [1.54, 1.807) is 36.7 Å². The number of nitrogens with zero attached hydrogens (tertiary/aromatic N) is 2. The van der Waals surface area contributed by atoms with Gasteiger partial charge in [0.2, 0.25) is 0 Å². The van der Waals surface area contributed by atoms with E-state index in [1.807, 2.05) is 20.8 Å². The van der Waals surface area contributed by atoms with Crippen LogP contribution in [0.2, 0.25) is 0 Å². The Morgan fingerprint density at radius 2 is 2.15 bits per heavy atom. The summed E-state index contributed by atoms with van der Waals surface area (Å²) >= 11 is 1.61. The van der Waals surface area contributed by atoms with Crippen molar-refractivity contribution in [1.82, 2.24) is 15.3 Å². The summed E-state index contributed by atoms with van der Waals surface area (Å²) in [7, 11) is 1.75. The summed E-state index contributed by atoms with van der Waals surface area (Å²) in [5.74, 6) is 0.440. The van der Waals surface area contributed by atoms with E-state index in [2.05, 4.69) is 20.6 Å². The minimum absolute atomic E-state index is 0.0707. The van der Waals surface area contributed by atoms with E-state index in [0.717, 1.165) is 15.6 Å². The highest BCUT2D eigenvalue weighted by Gasteiger charge is 2.18. The number of amides is 1. The van der Waals surface area contributed by atoms with E-state index in [9.17, 15) is 4.79 Å². The molecule has 2 rings (SSSR count). The molecule has 1 unspecified atom stereocenters. The molecule has 0 aliphatic heterocycles. The summed E-state index contributed by atoms with van der Waals surface area (Å²) in [6.45, 7) is 5.90. The lowest BCUT2D eigenvalue weighted by Gasteiger charge is -2.14. The smallest absolute Gasteiger partial charge is 0.255 e. The molecule has 106 valence electrons. The number of nitrogens with one attached hydrogen (secondary N) is 2. The standard InChI is InChI=1S/C14H18N4OS/c1-8-12(20-10(3)17-8)9(2)18-14(19)11-6-5-7-16-13(11)15-4/h5-7,9H,1-4H3,(H,15,16)(H,18,19). The Labute approximate surface area is 122 Å². The molecular weight excluding hydrogens is 272 g/mol. The van der Waals surface area contributed by atoms with Crippen molar-refractivity contribution in [1.29, 1.82) is 0 Å². The van der Waals surface area contributed by atoms with Crippen molar-refractivity contribution in [3.05, 3.63) is 39.5 Å². The van der Waals surface area contributed by atoms with Gasteiger partial charge in [-0.25, -0.2) is 9.97 Å². The molecule has 2 heterocycles. The topological polar surface area (TPSA) is 66.9 Å². The van der Waals surface area contributed by atoms with Gasteiger partial charge < -0.3 is 10.6 Å². The van der Waals surface area contributed by atoms with Crippen molar-refractivity contribution in [2.24, 2.45) is 0 Å². The Morgan fingerprint density at radius 1 is 1.40 bits per heavy atom. The Morgan fingerprint density at radius 3 is 2.75 bits per heavy atom. The zero-order chi connectivity index (χ0) is 14.7. The van der Waals surface area contributed by atoms with E-state index in [-0.39, 0.29) is 11.9 Å². The molecule has 2 aromatic rings. The minimum atomic E-state index is -0.139. The fraction of sp³-hybridized carbons (Fsp3) is 0.357. The molecule has 0 radical (unpaired) electrons. The average molecular weight is 290 g/mol. The number of hydrogen-bond donors (Lipinski definition) is 2. The van der Waals surface area contributed by atoms with Gasteiger partial charge in [-0.3, -0.25) is 4.79 Å². The normalized spacial score (nSPS) is 12.0. The quantitative estimate of drug-likeness (QED) is 0.908. The van der Waals surface area contributed by atoms with Gasteiger partial charge in [-0.1, -0.05) is 0 Å². The van der Waals surface area contributed by atoms with Crippen LogP contribution in [-0.2, 0) is 0 Å². The molecule has 20 heavy (non-hydrogen) atoms. The van der Waals surface area contributed by atoms with Crippen LogP contribution in [0.3, 0.4) is 0 Å². The molecule has 0 bridgehead atoms. The molecule has 2 N–H and O–H groups in total. The first-order valence-electron chi connectivity index (χ1n) is 6.40. The molecule has 6 heteroatoms. The van der Waals surface area contributed by atoms with Crippen molar-refractivity contribution < 1.29 is 4.79 Å². The molecule has 0 saturated carbocycles. The van der Waals surface area contributed by atoms with Gasteiger partial charge in [0.1, 0.15) is 5.82 Å². The molecule has 0 aromatic carbocycles. The molecule has 0 aliphatic carbocycles. The second-order valence-corrected chi connectivity index (χ2v) is 5.76. The number of rotatable bonds is 4. The number of anilines is 1. The zero-order valence-electron chi connectivity index (χ0n) is 12.0. The van der Waals surface area contributed by atoms with Gasteiger partial charge in [-0.05, 0) is 32.9 Å². The lowest BCUT2D eigenvalue weighted by molar-refractivity contribution is 0.0941. The van der Waals surface area contributed by atoms with Crippen LogP contribution >= 0.6 is 11.3 Å². The molecule has 1 atom stereocenters. The maximum Gasteiger partial charge on any atom is 0.255 e. The summed E-state index contributed by atoms with van der Waals surface area (Å²) in [5, 5.41) is 6.93. The third kappa shape index (κ3) is 2.96. The van der Waals surface area contributed by atoms with Crippen LogP contribution in [0.5, 0.6) is 0 Å². The first kappa shape index (κ1) is 14.5. The molecule has 5 nitrogen and oxygen atoms in total. The first-order valence-corrected chi connectivity index (χ1v) is 7.22. The van der Waals surface area contributed by atoms with Crippen LogP contribution in [0.25, 0.3) is 0 Å². The second kappa shape index (κ2) is 6.00. The largest absolute Gasteiger partial charge is 0.372 e. The summed E-state index contributed by atoms with van der Waals surface area (Å²) < 4.78 is 0. The number of carbonyl (C=O) groups is 1. The van der Waals surface area contributed by atoms with Gasteiger partial charge in [0.05, 0.1) is 22.3 Å². The number of pyridine rings is 1. The van der Waals surface area contributed by atoms with Crippen LogP contribution in [0, 0.1) is 13.8 Å². The van der Waals surface area contributed by atoms with Crippen LogP contribution in [0.1, 0.15) is 38.9 Å². The highest BCUT2D eigenvalue weighted by atomic mass is 32.1. The fourth-order valence-corrected chi connectivity index (χ4v) is 3.01. The monoisotopic (exact) mass is 290 g/mol. The number of carbonyl (C=O) groups excluding carboxylic acids is 1. The van der Waals surface area contributed by atoms with E-state index in [1.165, 1.54) is 0 Å². The summed E-state index contributed by atoms with van der Waals surface area (Å²) in [5.41, 5.74) is 1.51. The van der Waals surface area contributed by atoms with Gasteiger partial charge in [0.15, 0.2) is 0 Å². The van der Waals surface area contributed by atoms with Crippen molar-refractivity contribution in [3.8, 4) is 0 Å². The highest BCUT2D eigenvalue weighted by Crippen LogP contribution is 2.25. The molecule has 0 saturated heterocycles. The van der Waals surface area contributed by atoms with Crippen LogP contribution in [0.4, 0.5) is 5.82 Å². The maximum atomic E-state index is 12.3. The van der Waals surface area contributed by atoms with Gasteiger partial charge in [-0.2, -0.15) is 0 Å². The molecule has 2 aromatic heterocycles. The number of aromatic nitrogens is 2. The average Bonchev–Trinajstić information content (AvgIpc) is 2.77. The number of thiazole rings is 1. The molecule has 0 fully saturated rings. The fourth-order valence-electron chi connectivity index (χ4n) is 2.08. The summed E-state index contributed by atoms with van der Waals surface area (Å²) in [6.07, 6.45) is 1.66. The Balaban J connectivity index is 2.17. The Kier molecular flexibility index (Phi) is 4.34. The van der Waals surface area contributed by atoms with Crippen molar-refractivity contribution in [3.63, 3.8) is 0 Å². The minimum Gasteiger partial charge on any atom is -0.372 e. The van der Waals surface area contributed by atoms with E-state index in [4.69, 9.17) is 0 Å². The van der Waals surface area contributed by atoms with Crippen LogP contribution < -0.4 is 10.6 Å². The molecule has 1 amide bonds. The van der Waals surface area contributed by atoms with E-state index >= 15 is 0 Å². The lowest BCUT2D eigenvalue weighted by Crippen LogP contribution is -2.27. The molecule has 0 aliphatic rings. The number of aryl methyl sites for hydroxylation is 2. The van der Waals surface area contributed by atoms with Crippen molar-refractivity contribution in [2.45, 2.75) is 26.8 Å². The van der Waals surface area contributed by atoms with E-state index < -0.39 is 0 Å². The second-order valence-electron chi connectivity index (χ2n) is 4.53. The van der Waals surface area contributed by atoms with Gasteiger partial charge in [0.25, 0.3) is 5.91 Å². The van der Waals surface area contributed by atoms with Gasteiger partial charge in [-0.15, -0.1) is 11.3 Å². The molecule has 0 spiro atoms. The highest BCUT2D eigenvalue weighted by molar-refractivity contribution is 7.11. The van der Waals surface area contributed by atoms with Crippen molar-refractivity contribution in [2.75, 3.05) is 12.4 Å². The zero-order valence-corrected chi connectivity index (χ0v) is 12.8. The van der Waals surface area contributed by atoms with Crippen LogP contribution in [-0.4, -0.2) is 22.9 Å². The predicted molar refractivity (Wildman–Crippen MR) is 81.3 cm³/mol.